The van der Waals surface area contributed by atoms with Crippen LogP contribution in [0.15, 0.2) is 41.8 Å². The summed E-state index contributed by atoms with van der Waals surface area (Å²) in [7, 11) is -3.79. The molecule has 0 saturated heterocycles. The maximum atomic E-state index is 12.5. The number of hydrogen-bond acceptors (Lipinski definition) is 3. The molecule has 1 aromatic rings. The molecule has 0 amide bonds. The Hall–Kier alpha value is -1.66. The van der Waals surface area contributed by atoms with Crippen LogP contribution in [-0.4, -0.2) is 36.4 Å². The second-order valence-electron chi connectivity index (χ2n) is 4.40. The third kappa shape index (κ3) is 2.69. The van der Waals surface area contributed by atoms with Crippen molar-refractivity contribution in [1.82, 2.24) is 4.31 Å². The Kier molecular flexibility index (Phi) is 3.73. The van der Waals surface area contributed by atoms with E-state index in [2.05, 4.69) is 6.58 Å². The highest BCUT2D eigenvalue weighted by Gasteiger charge is 2.38. The normalized spacial score (nSPS) is 15.4. The maximum Gasteiger partial charge on any atom is 0.337 e. The van der Waals surface area contributed by atoms with Crippen molar-refractivity contribution in [1.29, 1.82) is 0 Å². The van der Waals surface area contributed by atoms with E-state index < -0.39 is 16.0 Å². The molecule has 1 saturated carbocycles. The predicted octanol–water partition coefficient (Wildman–Crippen LogP) is 1.72. The van der Waals surface area contributed by atoms with Crippen molar-refractivity contribution in [2.45, 2.75) is 23.8 Å². The molecule has 0 bridgehead atoms. The van der Waals surface area contributed by atoms with E-state index in [1.54, 1.807) is 0 Å². The monoisotopic (exact) mass is 281 g/mol. The van der Waals surface area contributed by atoms with Gasteiger partial charge in [0.2, 0.25) is 10.0 Å². The zero-order valence-corrected chi connectivity index (χ0v) is 11.1. The topological polar surface area (TPSA) is 74.7 Å². The molecule has 0 unspecified atom stereocenters. The van der Waals surface area contributed by atoms with E-state index in [9.17, 15) is 13.2 Å². The summed E-state index contributed by atoms with van der Waals surface area (Å²) < 4.78 is 26.4. The summed E-state index contributed by atoms with van der Waals surface area (Å²) in [6, 6.07) is 5.63. The van der Waals surface area contributed by atoms with Crippen LogP contribution in [0.3, 0.4) is 0 Å². The van der Waals surface area contributed by atoms with Gasteiger partial charge in [-0.1, -0.05) is 18.2 Å². The van der Waals surface area contributed by atoms with Gasteiger partial charge in [-0.3, -0.25) is 0 Å². The smallest absolute Gasteiger partial charge is 0.337 e. The van der Waals surface area contributed by atoms with Crippen molar-refractivity contribution in [3.63, 3.8) is 0 Å². The van der Waals surface area contributed by atoms with E-state index in [-0.39, 0.29) is 23.0 Å². The zero-order valence-electron chi connectivity index (χ0n) is 10.3. The molecule has 19 heavy (non-hydrogen) atoms. The van der Waals surface area contributed by atoms with Crippen LogP contribution in [0.2, 0.25) is 0 Å². The molecule has 102 valence electrons. The predicted molar refractivity (Wildman–Crippen MR) is 70.5 cm³/mol. The van der Waals surface area contributed by atoms with Crippen LogP contribution >= 0.6 is 0 Å². The fourth-order valence-electron chi connectivity index (χ4n) is 1.93. The van der Waals surface area contributed by atoms with Crippen molar-refractivity contribution in [3.8, 4) is 0 Å². The van der Waals surface area contributed by atoms with Crippen molar-refractivity contribution in [3.05, 3.63) is 42.5 Å². The van der Waals surface area contributed by atoms with Crippen LogP contribution in [0.25, 0.3) is 0 Å². The lowest BCUT2D eigenvalue weighted by atomic mass is 10.2. The highest BCUT2D eigenvalue weighted by Crippen LogP contribution is 2.32. The van der Waals surface area contributed by atoms with E-state index in [1.807, 2.05) is 0 Å². The van der Waals surface area contributed by atoms with Gasteiger partial charge in [0, 0.05) is 12.6 Å². The number of carboxylic acid groups (broad SMARTS) is 1. The lowest BCUT2D eigenvalue weighted by Crippen LogP contribution is -2.34. The molecule has 1 aromatic carbocycles. The highest BCUT2D eigenvalue weighted by atomic mass is 32.2. The van der Waals surface area contributed by atoms with Crippen molar-refractivity contribution in [2.75, 3.05) is 6.54 Å². The number of carboxylic acids is 1. The number of nitrogens with zero attached hydrogens (tertiary/aromatic N) is 1. The van der Waals surface area contributed by atoms with Gasteiger partial charge in [-0.05, 0) is 25.0 Å². The molecule has 1 N–H and O–H groups in total. The number of carbonyl (C=O) groups is 1. The van der Waals surface area contributed by atoms with Gasteiger partial charge in [0.1, 0.15) is 0 Å². The summed E-state index contributed by atoms with van der Waals surface area (Å²) in [5, 5.41) is 9.09. The molecule has 0 atom stereocenters. The molecule has 2 rings (SSSR count). The fourth-order valence-corrected chi connectivity index (χ4v) is 3.77. The zero-order chi connectivity index (χ0) is 14.0. The minimum absolute atomic E-state index is 0.0372. The first kappa shape index (κ1) is 13.8. The van der Waals surface area contributed by atoms with Crippen LogP contribution in [-0.2, 0) is 10.0 Å². The highest BCUT2D eigenvalue weighted by molar-refractivity contribution is 7.89. The third-order valence-electron chi connectivity index (χ3n) is 2.97. The van der Waals surface area contributed by atoms with E-state index in [0.29, 0.717) is 0 Å². The minimum atomic E-state index is -3.79. The van der Waals surface area contributed by atoms with Gasteiger partial charge < -0.3 is 5.11 Å². The van der Waals surface area contributed by atoms with Gasteiger partial charge >= 0.3 is 5.97 Å². The molecule has 0 radical (unpaired) electrons. The van der Waals surface area contributed by atoms with Crippen molar-refractivity contribution < 1.29 is 18.3 Å². The minimum Gasteiger partial charge on any atom is -0.478 e. The van der Waals surface area contributed by atoms with Crippen molar-refractivity contribution >= 4 is 16.0 Å². The van der Waals surface area contributed by atoms with Gasteiger partial charge in [0.25, 0.3) is 0 Å². The standard InChI is InChI=1S/C13H15NO4S/c1-2-9-14(10-7-8-10)19(17,18)12-6-4-3-5-11(12)13(15)16/h2-6,10H,1,7-9H2,(H,15,16). The molecule has 0 spiro atoms. The number of hydrogen-bond donors (Lipinski definition) is 1. The van der Waals surface area contributed by atoms with Crippen LogP contribution < -0.4 is 0 Å². The Morgan fingerprint density at radius 1 is 1.42 bits per heavy atom. The quantitative estimate of drug-likeness (QED) is 0.806. The van der Waals surface area contributed by atoms with Gasteiger partial charge in [0.05, 0.1) is 10.5 Å². The summed E-state index contributed by atoms with van der Waals surface area (Å²) in [5.41, 5.74) is -0.197. The molecule has 1 fully saturated rings. The summed E-state index contributed by atoms with van der Waals surface area (Å²) in [4.78, 5) is 11.0. The Morgan fingerprint density at radius 2 is 2.05 bits per heavy atom. The van der Waals surface area contributed by atoms with Gasteiger partial charge in [-0.2, -0.15) is 4.31 Å². The van der Waals surface area contributed by atoms with E-state index in [4.69, 9.17) is 5.11 Å². The van der Waals surface area contributed by atoms with Crippen molar-refractivity contribution in [2.24, 2.45) is 0 Å². The Morgan fingerprint density at radius 3 is 2.58 bits per heavy atom. The van der Waals surface area contributed by atoms with Crippen LogP contribution in [0.4, 0.5) is 0 Å². The van der Waals surface area contributed by atoms with Crippen LogP contribution in [0, 0.1) is 0 Å². The molecule has 1 aliphatic carbocycles. The Bertz CT molecular complexity index is 605. The molecule has 6 heteroatoms. The Labute approximate surface area is 112 Å². The van der Waals surface area contributed by atoms with Gasteiger partial charge in [-0.25, -0.2) is 13.2 Å². The van der Waals surface area contributed by atoms with E-state index in [1.165, 1.54) is 34.6 Å². The molecule has 1 aliphatic rings. The fraction of sp³-hybridized carbons (Fsp3) is 0.308. The average Bonchev–Trinajstić information content (AvgIpc) is 3.20. The van der Waals surface area contributed by atoms with E-state index in [0.717, 1.165) is 12.8 Å². The molecular formula is C13H15NO4S. The lowest BCUT2D eigenvalue weighted by molar-refractivity contribution is 0.0692. The molecule has 5 nitrogen and oxygen atoms in total. The average molecular weight is 281 g/mol. The molecular weight excluding hydrogens is 266 g/mol. The second kappa shape index (κ2) is 5.14. The summed E-state index contributed by atoms with van der Waals surface area (Å²) in [6.07, 6.45) is 3.13. The molecule has 0 heterocycles. The summed E-state index contributed by atoms with van der Waals surface area (Å²) in [6.45, 7) is 3.75. The summed E-state index contributed by atoms with van der Waals surface area (Å²) in [5.74, 6) is -1.24. The summed E-state index contributed by atoms with van der Waals surface area (Å²) >= 11 is 0. The largest absolute Gasteiger partial charge is 0.478 e. The second-order valence-corrected chi connectivity index (χ2v) is 6.25. The first-order chi connectivity index (χ1) is 8.98. The van der Waals surface area contributed by atoms with Gasteiger partial charge in [0.15, 0.2) is 0 Å². The molecule has 0 aromatic heterocycles. The number of aromatic carboxylic acids is 1. The third-order valence-corrected chi connectivity index (χ3v) is 4.94. The number of benzene rings is 1. The first-order valence-corrected chi connectivity index (χ1v) is 7.37. The first-order valence-electron chi connectivity index (χ1n) is 5.93. The van der Waals surface area contributed by atoms with E-state index >= 15 is 0 Å². The number of rotatable bonds is 6. The maximum absolute atomic E-state index is 12.5. The SMILES string of the molecule is C=CCN(C1CC1)S(=O)(=O)c1ccccc1C(=O)O. The Balaban J connectivity index is 2.49. The number of sulfonamides is 1. The van der Waals surface area contributed by atoms with Gasteiger partial charge in [-0.15, -0.1) is 6.58 Å². The van der Waals surface area contributed by atoms with Crippen LogP contribution in [0.5, 0.6) is 0 Å². The lowest BCUT2D eigenvalue weighted by Gasteiger charge is -2.21. The van der Waals surface area contributed by atoms with Crippen LogP contribution in [0.1, 0.15) is 23.2 Å². The molecule has 0 aliphatic heterocycles.